The summed E-state index contributed by atoms with van der Waals surface area (Å²) in [7, 11) is 0. The predicted octanol–water partition coefficient (Wildman–Crippen LogP) is -1.02. The number of nitrogens with zero attached hydrogens (tertiary/aromatic N) is 1. The summed E-state index contributed by atoms with van der Waals surface area (Å²) in [5.74, 6) is -4.28. The van der Waals surface area contributed by atoms with Crippen molar-refractivity contribution in [3.05, 3.63) is 54.1 Å². The highest BCUT2D eigenvalue weighted by Gasteiger charge is 2.31. The number of hydrogen-bond acceptors (Lipinski definition) is 7. The number of amides is 4. The van der Waals surface area contributed by atoms with Crippen LogP contribution in [0.4, 0.5) is 0 Å². The van der Waals surface area contributed by atoms with Crippen LogP contribution in [0.5, 0.6) is 0 Å². The van der Waals surface area contributed by atoms with E-state index in [0.29, 0.717) is 11.3 Å². The van der Waals surface area contributed by atoms with Gasteiger partial charge in [0, 0.05) is 31.2 Å². The molecule has 4 amide bonds. The SMILES string of the molecule is CC(C)C(N)C(=O)NC(Cc1cnc[nH]1)C(=O)NC(CCC(N)=O)C(=O)NC(Cc1ccccc1)C(=O)O. The number of aromatic nitrogens is 2. The molecule has 0 fully saturated rings. The highest BCUT2D eigenvalue weighted by molar-refractivity contribution is 5.94. The molecule has 38 heavy (non-hydrogen) atoms. The zero-order valence-electron chi connectivity index (χ0n) is 21.3. The van der Waals surface area contributed by atoms with E-state index < -0.39 is 53.8 Å². The molecule has 0 aliphatic carbocycles. The summed E-state index contributed by atoms with van der Waals surface area (Å²) in [4.78, 5) is 68.9. The maximum atomic E-state index is 13.3. The fourth-order valence-corrected chi connectivity index (χ4v) is 3.55. The van der Waals surface area contributed by atoms with E-state index >= 15 is 0 Å². The summed E-state index contributed by atoms with van der Waals surface area (Å²) in [5.41, 5.74) is 12.4. The van der Waals surface area contributed by atoms with Gasteiger partial charge in [0.1, 0.15) is 18.1 Å². The van der Waals surface area contributed by atoms with Crippen LogP contribution < -0.4 is 27.4 Å². The lowest BCUT2D eigenvalue weighted by molar-refractivity contribution is -0.142. The Morgan fingerprint density at radius 3 is 2.08 bits per heavy atom. The number of benzene rings is 1. The Morgan fingerprint density at radius 1 is 0.921 bits per heavy atom. The van der Waals surface area contributed by atoms with Crippen LogP contribution >= 0.6 is 0 Å². The van der Waals surface area contributed by atoms with Gasteiger partial charge in [-0.3, -0.25) is 19.2 Å². The van der Waals surface area contributed by atoms with Gasteiger partial charge in [0.05, 0.1) is 12.4 Å². The molecule has 206 valence electrons. The molecule has 1 aromatic carbocycles. The first-order valence-corrected chi connectivity index (χ1v) is 12.2. The number of aromatic amines is 1. The van der Waals surface area contributed by atoms with Crippen molar-refractivity contribution in [1.82, 2.24) is 25.9 Å². The van der Waals surface area contributed by atoms with Crippen LogP contribution in [0.2, 0.25) is 0 Å². The summed E-state index contributed by atoms with van der Waals surface area (Å²) < 4.78 is 0. The lowest BCUT2D eigenvalue weighted by Gasteiger charge is -2.25. The monoisotopic (exact) mass is 529 g/mol. The van der Waals surface area contributed by atoms with Crippen LogP contribution in [0.15, 0.2) is 42.9 Å². The van der Waals surface area contributed by atoms with E-state index in [4.69, 9.17) is 11.5 Å². The second-order valence-electron chi connectivity index (χ2n) is 9.27. The van der Waals surface area contributed by atoms with E-state index in [-0.39, 0.29) is 31.6 Å². The van der Waals surface area contributed by atoms with E-state index in [1.54, 1.807) is 44.2 Å². The number of carbonyl (C=O) groups excluding carboxylic acids is 4. The van der Waals surface area contributed by atoms with E-state index in [1.165, 1.54) is 12.5 Å². The van der Waals surface area contributed by atoms with Gasteiger partial charge in [0.2, 0.25) is 23.6 Å². The number of primary amides is 1. The van der Waals surface area contributed by atoms with Crippen molar-refractivity contribution < 1.29 is 29.1 Å². The Labute approximate surface area is 220 Å². The number of hydrogen-bond donors (Lipinski definition) is 7. The molecule has 0 aliphatic rings. The lowest BCUT2D eigenvalue weighted by atomic mass is 10.0. The lowest BCUT2D eigenvalue weighted by Crippen LogP contribution is -2.58. The van der Waals surface area contributed by atoms with Crippen LogP contribution in [0.1, 0.15) is 37.9 Å². The number of rotatable bonds is 15. The van der Waals surface area contributed by atoms with Crippen LogP contribution in [0.25, 0.3) is 0 Å². The van der Waals surface area contributed by atoms with Crippen molar-refractivity contribution in [3.63, 3.8) is 0 Å². The number of carboxylic acid groups (broad SMARTS) is 1. The molecule has 13 nitrogen and oxygen atoms in total. The third kappa shape index (κ3) is 9.65. The largest absolute Gasteiger partial charge is 0.480 e. The van der Waals surface area contributed by atoms with Crippen LogP contribution in [0.3, 0.4) is 0 Å². The molecule has 1 heterocycles. The minimum Gasteiger partial charge on any atom is -0.480 e. The first-order valence-electron chi connectivity index (χ1n) is 12.2. The fraction of sp³-hybridized carbons (Fsp3) is 0.440. The van der Waals surface area contributed by atoms with Gasteiger partial charge in [-0.2, -0.15) is 0 Å². The Bertz CT molecular complexity index is 1090. The average Bonchev–Trinajstić information content (AvgIpc) is 3.38. The van der Waals surface area contributed by atoms with Gasteiger partial charge in [0.15, 0.2) is 0 Å². The van der Waals surface area contributed by atoms with Gasteiger partial charge in [-0.1, -0.05) is 44.2 Å². The molecule has 0 bridgehead atoms. The molecule has 1 aromatic heterocycles. The van der Waals surface area contributed by atoms with Crippen molar-refractivity contribution in [1.29, 1.82) is 0 Å². The highest BCUT2D eigenvalue weighted by Crippen LogP contribution is 2.07. The Hall–Kier alpha value is -4.26. The normalized spacial score (nSPS) is 14.1. The fourth-order valence-electron chi connectivity index (χ4n) is 3.55. The number of imidazole rings is 1. The van der Waals surface area contributed by atoms with Gasteiger partial charge in [0.25, 0.3) is 0 Å². The van der Waals surface area contributed by atoms with Gasteiger partial charge < -0.3 is 37.5 Å². The standard InChI is InChI=1S/C25H35N7O6/c1-14(2)21(27)24(36)31-18(11-16-12-28-13-29-16)23(35)30-17(8-9-20(26)33)22(34)32-19(25(37)38)10-15-6-4-3-5-7-15/h3-7,12-14,17-19,21H,8-11,27H2,1-2H3,(H2,26,33)(H,28,29)(H,30,35)(H,31,36)(H,32,34)(H,37,38). The number of carboxylic acids is 1. The van der Waals surface area contributed by atoms with E-state index in [0.717, 1.165) is 0 Å². The van der Waals surface area contributed by atoms with Crippen LogP contribution in [-0.4, -0.2) is 68.8 Å². The van der Waals surface area contributed by atoms with Gasteiger partial charge >= 0.3 is 5.97 Å². The molecule has 4 atom stereocenters. The van der Waals surface area contributed by atoms with Crippen LogP contribution in [0, 0.1) is 5.92 Å². The molecule has 4 unspecified atom stereocenters. The minimum absolute atomic E-state index is 0.00396. The molecular formula is C25H35N7O6. The van der Waals surface area contributed by atoms with Crippen molar-refractivity contribution in [2.75, 3.05) is 0 Å². The molecule has 0 aliphatic heterocycles. The van der Waals surface area contributed by atoms with E-state index in [2.05, 4.69) is 25.9 Å². The van der Waals surface area contributed by atoms with E-state index in [1.807, 2.05) is 0 Å². The van der Waals surface area contributed by atoms with Crippen LogP contribution in [-0.2, 0) is 36.8 Å². The molecular weight excluding hydrogens is 494 g/mol. The highest BCUT2D eigenvalue weighted by atomic mass is 16.4. The third-order valence-electron chi connectivity index (χ3n) is 5.84. The quantitative estimate of drug-likeness (QED) is 0.151. The molecule has 0 radical (unpaired) electrons. The van der Waals surface area contributed by atoms with Crippen molar-refractivity contribution in [2.45, 2.75) is 63.7 Å². The Kier molecular flexibility index (Phi) is 11.4. The molecule has 13 heteroatoms. The minimum atomic E-state index is -1.30. The molecule has 0 spiro atoms. The first-order chi connectivity index (χ1) is 18.0. The van der Waals surface area contributed by atoms with Crippen molar-refractivity contribution in [3.8, 4) is 0 Å². The second kappa shape index (κ2) is 14.5. The number of nitrogens with one attached hydrogen (secondary N) is 4. The van der Waals surface area contributed by atoms with Gasteiger partial charge in [-0.25, -0.2) is 9.78 Å². The molecule has 9 N–H and O–H groups in total. The molecule has 2 aromatic rings. The van der Waals surface area contributed by atoms with Gasteiger partial charge in [-0.05, 0) is 17.9 Å². The number of H-pyrrole nitrogens is 1. The maximum Gasteiger partial charge on any atom is 0.326 e. The Morgan fingerprint density at radius 2 is 1.53 bits per heavy atom. The zero-order valence-corrected chi connectivity index (χ0v) is 21.3. The summed E-state index contributed by atoms with van der Waals surface area (Å²) in [6, 6.07) is 4.09. The maximum absolute atomic E-state index is 13.3. The third-order valence-corrected chi connectivity index (χ3v) is 5.84. The molecule has 0 saturated carbocycles. The van der Waals surface area contributed by atoms with E-state index in [9.17, 15) is 29.1 Å². The van der Waals surface area contributed by atoms with Crippen molar-refractivity contribution >= 4 is 29.6 Å². The number of carbonyl (C=O) groups is 5. The summed E-state index contributed by atoms with van der Waals surface area (Å²) in [6.07, 6.45) is 2.48. The smallest absolute Gasteiger partial charge is 0.326 e. The summed E-state index contributed by atoms with van der Waals surface area (Å²) >= 11 is 0. The molecule has 0 saturated heterocycles. The number of aliphatic carboxylic acids is 1. The van der Waals surface area contributed by atoms with Gasteiger partial charge in [-0.15, -0.1) is 0 Å². The number of nitrogens with two attached hydrogens (primary N) is 2. The first kappa shape index (κ1) is 30.0. The second-order valence-corrected chi connectivity index (χ2v) is 9.27. The Balaban J connectivity index is 2.21. The molecule has 2 rings (SSSR count). The average molecular weight is 530 g/mol. The summed E-state index contributed by atoms with van der Waals surface area (Å²) in [6.45, 7) is 3.51. The zero-order chi connectivity index (χ0) is 28.2. The van der Waals surface area contributed by atoms with Crippen molar-refractivity contribution in [2.24, 2.45) is 17.4 Å². The summed E-state index contributed by atoms with van der Waals surface area (Å²) in [5, 5.41) is 17.2. The predicted molar refractivity (Wildman–Crippen MR) is 137 cm³/mol. The topological polar surface area (TPSA) is 222 Å².